The second-order valence-corrected chi connectivity index (χ2v) is 7.32. The van der Waals surface area contributed by atoms with E-state index in [1.165, 1.54) is 0 Å². The van der Waals surface area contributed by atoms with Crippen LogP contribution in [0.3, 0.4) is 0 Å². The molecule has 0 unspecified atom stereocenters. The zero-order valence-corrected chi connectivity index (χ0v) is 16.4. The highest BCUT2D eigenvalue weighted by molar-refractivity contribution is 6.30. The average molecular weight is 396 g/mol. The molecule has 1 aliphatic heterocycles. The van der Waals surface area contributed by atoms with Crippen LogP contribution < -0.4 is 10.1 Å². The molecule has 4 rings (SSSR count). The Hall–Kier alpha value is -2.79. The third-order valence-electron chi connectivity index (χ3n) is 4.94. The van der Waals surface area contributed by atoms with Crippen LogP contribution in [0.5, 0.6) is 5.75 Å². The Morgan fingerprint density at radius 2 is 1.96 bits per heavy atom. The maximum absolute atomic E-state index is 12.5. The van der Waals surface area contributed by atoms with E-state index in [1.54, 1.807) is 4.68 Å². The van der Waals surface area contributed by atoms with Gasteiger partial charge in [-0.1, -0.05) is 43.1 Å². The number of hydrogen-bond acceptors (Lipinski definition) is 3. The first-order valence-electron chi connectivity index (χ1n) is 9.52. The standard InChI is InChI=1S/C22H22ClN3O2/c1-2-3-12-28-20-7-5-4-6-17(20)18-13-21(27)25-22-19(18)14-24-26(22)16-10-8-15(23)9-11-16/h4-11,14,18H,2-3,12-13H2,1H3,(H,25,27)/t18-/m1/s1. The molecule has 0 fully saturated rings. The van der Waals surface area contributed by atoms with E-state index < -0.39 is 0 Å². The van der Waals surface area contributed by atoms with Crippen molar-refractivity contribution in [3.8, 4) is 11.4 Å². The monoisotopic (exact) mass is 395 g/mol. The summed E-state index contributed by atoms with van der Waals surface area (Å²) in [5.41, 5.74) is 2.85. The van der Waals surface area contributed by atoms with E-state index in [-0.39, 0.29) is 11.8 Å². The summed E-state index contributed by atoms with van der Waals surface area (Å²) in [6.07, 6.45) is 4.27. The van der Waals surface area contributed by atoms with Crippen LogP contribution in [-0.2, 0) is 4.79 Å². The summed E-state index contributed by atoms with van der Waals surface area (Å²) in [7, 11) is 0. The molecule has 1 amide bonds. The Balaban J connectivity index is 1.73. The van der Waals surface area contributed by atoms with Crippen LogP contribution >= 0.6 is 11.6 Å². The molecule has 6 heteroatoms. The van der Waals surface area contributed by atoms with Crippen LogP contribution in [0, 0.1) is 0 Å². The lowest BCUT2D eigenvalue weighted by Gasteiger charge is -2.25. The van der Waals surface area contributed by atoms with E-state index in [0.717, 1.165) is 35.4 Å². The lowest BCUT2D eigenvalue weighted by molar-refractivity contribution is -0.116. The van der Waals surface area contributed by atoms with Gasteiger partial charge in [0.1, 0.15) is 11.6 Å². The molecular weight excluding hydrogens is 374 g/mol. The number of unbranched alkanes of at least 4 members (excludes halogenated alkanes) is 1. The van der Waals surface area contributed by atoms with Crippen LogP contribution in [0.1, 0.15) is 43.2 Å². The Morgan fingerprint density at radius 1 is 1.18 bits per heavy atom. The summed E-state index contributed by atoms with van der Waals surface area (Å²) in [6.45, 7) is 2.81. The van der Waals surface area contributed by atoms with Crippen LogP contribution in [-0.4, -0.2) is 22.3 Å². The van der Waals surface area contributed by atoms with Gasteiger partial charge in [-0.2, -0.15) is 5.10 Å². The van der Waals surface area contributed by atoms with Gasteiger partial charge in [0.2, 0.25) is 5.91 Å². The molecule has 2 heterocycles. The number of carbonyl (C=O) groups excluding carboxylic acids is 1. The zero-order valence-electron chi connectivity index (χ0n) is 15.7. The Morgan fingerprint density at radius 3 is 2.75 bits per heavy atom. The molecule has 1 atom stereocenters. The van der Waals surface area contributed by atoms with E-state index in [4.69, 9.17) is 16.3 Å². The highest BCUT2D eigenvalue weighted by Gasteiger charge is 2.32. The fourth-order valence-electron chi connectivity index (χ4n) is 3.50. The third kappa shape index (κ3) is 3.62. The van der Waals surface area contributed by atoms with E-state index in [1.807, 2.05) is 54.7 Å². The second kappa shape index (κ2) is 8.07. The van der Waals surface area contributed by atoms with Crippen molar-refractivity contribution < 1.29 is 9.53 Å². The smallest absolute Gasteiger partial charge is 0.226 e. The highest BCUT2D eigenvalue weighted by Crippen LogP contribution is 2.41. The van der Waals surface area contributed by atoms with Gasteiger partial charge in [-0.05, 0) is 36.8 Å². The molecule has 2 aromatic carbocycles. The molecular formula is C22H22ClN3O2. The van der Waals surface area contributed by atoms with Crippen molar-refractivity contribution >= 4 is 23.3 Å². The quantitative estimate of drug-likeness (QED) is 0.585. The number of nitrogens with zero attached hydrogens (tertiary/aromatic N) is 2. The fourth-order valence-corrected chi connectivity index (χ4v) is 3.63. The van der Waals surface area contributed by atoms with Crippen molar-refractivity contribution in [1.82, 2.24) is 9.78 Å². The summed E-state index contributed by atoms with van der Waals surface area (Å²) in [5, 5.41) is 8.17. The SMILES string of the molecule is CCCCOc1ccccc1[C@H]1CC(=O)Nc2c1cnn2-c1ccc(Cl)cc1. The lowest BCUT2D eigenvalue weighted by Crippen LogP contribution is -2.25. The molecule has 0 radical (unpaired) electrons. The van der Waals surface area contributed by atoms with E-state index in [0.29, 0.717) is 23.9 Å². The summed E-state index contributed by atoms with van der Waals surface area (Å²) in [5.74, 6) is 1.41. The van der Waals surface area contributed by atoms with Crippen LogP contribution in [0.25, 0.3) is 5.69 Å². The minimum atomic E-state index is -0.0948. The van der Waals surface area contributed by atoms with Crippen LogP contribution in [0.15, 0.2) is 54.7 Å². The summed E-state index contributed by atoms with van der Waals surface area (Å²) >= 11 is 6.00. The van der Waals surface area contributed by atoms with Crippen molar-refractivity contribution in [3.63, 3.8) is 0 Å². The average Bonchev–Trinajstić information content (AvgIpc) is 3.12. The van der Waals surface area contributed by atoms with Gasteiger partial charge < -0.3 is 10.1 Å². The predicted octanol–water partition coefficient (Wildman–Crippen LogP) is 5.18. The van der Waals surface area contributed by atoms with Gasteiger partial charge >= 0.3 is 0 Å². The molecule has 0 aliphatic carbocycles. The zero-order chi connectivity index (χ0) is 19.5. The normalized spacial score (nSPS) is 15.8. The Labute approximate surface area is 169 Å². The second-order valence-electron chi connectivity index (χ2n) is 6.88. The van der Waals surface area contributed by atoms with Gasteiger partial charge in [0.25, 0.3) is 0 Å². The maximum atomic E-state index is 12.5. The first kappa shape index (κ1) is 18.6. The van der Waals surface area contributed by atoms with Crippen molar-refractivity contribution in [2.45, 2.75) is 32.1 Å². The Bertz CT molecular complexity index is 982. The topological polar surface area (TPSA) is 56.1 Å². The number of nitrogens with one attached hydrogen (secondary N) is 1. The third-order valence-corrected chi connectivity index (χ3v) is 5.19. The van der Waals surface area contributed by atoms with Gasteiger partial charge in [0, 0.05) is 28.5 Å². The van der Waals surface area contributed by atoms with Gasteiger partial charge in [-0.3, -0.25) is 4.79 Å². The summed E-state index contributed by atoms with van der Waals surface area (Å²) in [4.78, 5) is 12.5. The van der Waals surface area contributed by atoms with Gasteiger partial charge in [-0.25, -0.2) is 4.68 Å². The van der Waals surface area contributed by atoms with E-state index >= 15 is 0 Å². The predicted molar refractivity (Wildman–Crippen MR) is 111 cm³/mol. The molecule has 3 aromatic rings. The fraction of sp³-hybridized carbons (Fsp3) is 0.273. The first-order valence-corrected chi connectivity index (χ1v) is 9.90. The first-order chi connectivity index (χ1) is 13.7. The molecule has 1 aromatic heterocycles. The van der Waals surface area contributed by atoms with Gasteiger partial charge in [0.15, 0.2) is 0 Å². The minimum Gasteiger partial charge on any atom is -0.493 e. The number of benzene rings is 2. The number of fused-ring (bicyclic) bond motifs is 1. The molecule has 5 nitrogen and oxygen atoms in total. The van der Waals surface area contributed by atoms with Gasteiger partial charge in [0.05, 0.1) is 18.5 Å². The molecule has 1 aliphatic rings. The largest absolute Gasteiger partial charge is 0.493 e. The molecule has 0 bridgehead atoms. The molecule has 1 N–H and O–H groups in total. The van der Waals surface area contributed by atoms with Gasteiger partial charge in [-0.15, -0.1) is 0 Å². The molecule has 0 spiro atoms. The number of carbonyl (C=O) groups is 1. The number of anilines is 1. The maximum Gasteiger partial charge on any atom is 0.226 e. The number of para-hydroxylation sites is 1. The van der Waals surface area contributed by atoms with Crippen molar-refractivity contribution in [2.24, 2.45) is 0 Å². The number of rotatable bonds is 6. The van der Waals surface area contributed by atoms with E-state index in [9.17, 15) is 4.79 Å². The number of hydrogen-bond donors (Lipinski definition) is 1. The molecule has 144 valence electrons. The summed E-state index contributed by atoms with van der Waals surface area (Å²) in [6, 6.07) is 15.3. The number of amides is 1. The summed E-state index contributed by atoms with van der Waals surface area (Å²) < 4.78 is 7.76. The lowest BCUT2D eigenvalue weighted by atomic mass is 9.87. The molecule has 0 saturated carbocycles. The molecule has 28 heavy (non-hydrogen) atoms. The van der Waals surface area contributed by atoms with E-state index in [2.05, 4.69) is 17.3 Å². The Kier molecular flexibility index (Phi) is 5.35. The van der Waals surface area contributed by atoms with Crippen LogP contribution in [0.4, 0.5) is 5.82 Å². The number of aromatic nitrogens is 2. The minimum absolute atomic E-state index is 0.0309. The highest BCUT2D eigenvalue weighted by atomic mass is 35.5. The number of halogens is 1. The van der Waals surface area contributed by atoms with Crippen LogP contribution in [0.2, 0.25) is 5.02 Å². The van der Waals surface area contributed by atoms with Crippen molar-refractivity contribution in [1.29, 1.82) is 0 Å². The van der Waals surface area contributed by atoms with Crippen molar-refractivity contribution in [2.75, 3.05) is 11.9 Å². The number of ether oxygens (including phenoxy) is 1. The molecule has 0 saturated heterocycles. The van der Waals surface area contributed by atoms with Crippen molar-refractivity contribution in [3.05, 3.63) is 70.9 Å².